The van der Waals surface area contributed by atoms with Gasteiger partial charge in [0.05, 0.1) is 18.8 Å². The van der Waals surface area contributed by atoms with Gasteiger partial charge < -0.3 is 49.6 Å². The molecule has 6 N–H and O–H groups in total. The maximum absolute atomic E-state index is 10.3. The van der Waals surface area contributed by atoms with Crippen molar-refractivity contribution in [3.63, 3.8) is 0 Å². The highest BCUT2D eigenvalue weighted by atomic mass is 16.7. The van der Waals surface area contributed by atoms with Gasteiger partial charge in [-0.3, -0.25) is 0 Å². The Kier molecular flexibility index (Phi) is 9.58. The van der Waals surface area contributed by atoms with Crippen LogP contribution in [-0.2, 0) is 18.9 Å². The summed E-state index contributed by atoms with van der Waals surface area (Å²) in [6, 6.07) is 0. The van der Waals surface area contributed by atoms with E-state index in [2.05, 4.69) is 6.58 Å². The van der Waals surface area contributed by atoms with Crippen molar-refractivity contribution < 1.29 is 49.6 Å². The molecule has 2 aliphatic rings. The van der Waals surface area contributed by atoms with Gasteiger partial charge in [-0.05, 0) is 33.6 Å². The molecule has 0 amide bonds. The Balaban J connectivity index is 2.01. The third kappa shape index (κ3) is 6.78. The van der Waals surface area contributed by atoms with E-state index >= 15 is 0 Å². The minimum Gasteiger partial charge on any atom is -0.388 e. The largest absolute Gasteiger partial charge is 0.388 e. The lowest BCUT2D eigenvalue weighted by Gasteiger charge is -2.43. The summed E-state index contributed by atoms with van der Waals surface area (Å²) in [6.45, 7) is 8.94. The summed E-state index contributed by atoms with van der Waals surface area (Å²) in [4.78, 5) is 0. The number of ether oxygens (including phenoxy) is 4. The molecule has 0 saturated carbocycles. The summed E-state index contributed by atoms with van der Waals surface area (Å²) in [5.74, 6) is 0. The zero-order valence-electron chi connectivity index (χ0n) is 18.2. The first kappa shape index (κ1) is 26.3. The van der Waals surface area contributed by atoms with Gasteiger partial charge in [-0.25, -0.2) is 0 Å². The lowest BCUT2D eigenvalue weighted by molar-refractivity contribution is -0.333. The van der Waals surface area contributed by atoms with E-state index in [-0.39, 0.29) is 13.2 Å². The molecular weight excluding hydrogens is 412 g/mol. The number of rotatable bonds is 9. The Hall–Kier alpha value is -0.920. The fraction of sp³-hybridized carbons (Fsp3) is 0.810. The molecule has 0 bridgehead atoms. The van der Waals surface area contributed by atoms with Crippen LogP contribution in [-0.4, -0.2) is 105 Å². The number of aliphatic hydroxyl groups is 6. The third-order valence-electron chi connectivity index (χ3n) is 5.56. The molecule has 0 aromatic carbocycles. The van der Waals surface area contributed by atoms with E-state index in [4.69, 9.17) is 18.9 Å². The van der Waals surface area contributed by atoms with Crippen LogP contribution in [0.4, 0.5) is 0 Å². The normalized spacial score (nSPS) is 40.7. The van der Waals surface area contributed by atoms with Gasteiger partial charge in [-0.15, -0.1) is 6.58 Å². The van der Waals surface area contributed by atoms with Gasteiger partial charge >= 0.3 is 0 Å². The van der Waals surface area contributed by atoms with E-state index in [0.29, 0.717) is 12.8 Å². The summed E-state index contributed by atoms with van der Waals surface area (Å²) in [6.07, 6.45) is -7.54. The van der Waals surface area contributed by atoms with Crippen LogP contribution in [0.2, 0.25) is 0 Å². The van der Waals surface area contributed by atoms with Gasteiger partial charge in [0, 0.05) is 0 Å². The van der Waals surface area contributed by atoms with Gasteiger partial charge in [0.25, 0.3) is 0 Å². The van der Waals surface area contributed by atoms with E-state index < -0.39 is 60.9 Å². The Morgan fingerprint density at radius 2 is 1.65 bits per heavy atom. The van der Waals surface area contributed by atoms with Gasteiger partial charge in [-0.1, -0.05) is 17.7 Å². The Morgan fingerprint density at radius 3 is 2.26 bits per heavy atom. The van der Waals surface area contributed by atoms with Gasteiger partial charge in [0.15, 0.2) is 12.6 Å². The highest BCUT2D eigenvalue weighted by Gasteiger charge is 2.47. The predicted molar refractivity (Wildman–Crippen MR) is 109 cm³/mol. The van der Waals surface area contributed by atoms with Crippen molar-refractivity contribution in [2.75, 3.05) is 13.2 Å². The maximum atomic E-state index is 10.3. The van der Waals surface area contributed by atoms with Crippen molar-refractivity contribution in [2.24, 2.45) is 0 Å². The number of hydrogen-bond donors (Lipinski definition) is 6. The minimum atomic E-state index is -1.57. The quantitative estimate of drug-likeness (QED) is 0.241. The second-order valence-electron chi connectivity index (χ2n) is 8.55. The van der Waals surface area contributed by atoms with E-state index in [1.54, 1.807) is 13.0 Å². The lowest BCUT2D eigenvalue weighted by atomic mass is 9.96. The first-order chi connectivity index (χ1) is 14.5. The summed E-state index contributed by atoms with van der Waals surface area (Å²) < 4.78 is 22.1. The highest BCUT2D eigenvalue weighted by Crippen LogP contribution is 2.30. The molecule has 2 rings (SSSR count). The molecule has 0 spiro atoms. The predicted octanol–water partition coefficient (Wildman–Crippen LogP) is -1.04. The summed E-state index contributed by atoms with van der Waals surface area (Å²) in [5, 5.41) is 60.1. The minimum absolute atomic E-state index is 0.243. The maximum Gasteiger partial charge on any atom is 0.187 e. The van der Waals surface area contributed by atoms with Crippen LogP contribution in [0, 0.1) is 0 Å². The molecule has 2 heterocycles. The molecule has 180 valence electrons. The monoisotopic (exact) mass is 448 g/mol. The van der Waals surface area contributed by atoms with Crippen molar-refractivity contribution in [2.45, 2.75) is 94.5 Å². The van der Waals surface area contributed by atoms with Crippen LogP contribution in [0.3, 0.4) is 0 Å². The molecule has 10 nitrogen and oxygen atoms in total. The van der Waals surface area contributed by atoms with Crippen LogP contribution >= 0.6 is 0 Å². The summed E-state index contributed by atoms with van der Waals surface area (Å²) >= 11 is 0. The molecule has 0 aliphatic carbocycles. The highest BCUT2D eigenvalue weighted by molar-refractivity contribution is 5.00. The molecule has 10 heteroatoms. The van der Waals surface area contributed by atoms with E-state index in [9.17, 15) is 30.6 Å². The fourth-order valence-electron chi connectivity index (χ4n) is 3.39. The van der Waals surface area contributed by atoms with Crippen LogP contribution in [0.1, 0.15) is 33.6 Å². The average molecular weight is 449 g/mol. The van der Waals surface area contributed by atoms with Gasteiger partial charge in [0.2, 0.25) is 0 Å². The van der Waals surface area contributed by atoms with Crippen molar-refractivity contribution in [1.82, 2.24) is 0 Å². The topological polar surface area (TPSA) is 158 Å². The molecule has 2 fully saturated rings. The van der Waals surface area contributed by atoms with Gasteiger partial charge in [0.1, 0.15) is 42.7 Å². The standard InChI is InChI=1S/C21H36O10/c1-5-21(4,8-6-7-11(2)3)31-20-18(27)16(25)15(24)13(30-20)10-29-19-17(26)14(23)12(22)9-28-19/h5,7,12-20,22-27H,1,6,8-10H2,2-4H3/t12-,13-,14+,15-,16+,17-,18-,19+,20+,21+/m1/s1. The summed E-state index contributed by atoms with van der Waals surface area (Å²) in [5.41, 5.74) is 0.286. The van der Waals surface area contributed by atoms with E-state index in [1.165, 1.54) is 0 Å². The number of allylic oxidation sites excluding steroid dienone is 2. The number of aliphatic hydroxyl groups excluding tert-OH is 6. The first-order valence-corrected chi connectivity index (χ1v) is 10.4. The molecule has 0 aromatic heterocycles. The average Bonchev–Trinajstić information content (AvgIpc) is 2.72. The molecule has 0 aromatic rings. The second kappa shape index (κ2) is 11.3. The van der Waals surface area contributed by atoms with Crippen LogP contribution < -0.4 is 0 Å². The third-order valence-corrected chi connectivity index (χ3v) is 5.56. The number of hydrogen-bond acceptors (Lipinski definition) is 10. The zero-order chi connectivity index (χ0) is 23.3. The smallest absolute Gasteiger partial charge is 0.187 e. The molecule has 2 saturated heterocycles. The summed E-state index contributed by atoms with van der Waals surface area (Å²) in [7, 11) is 0. The van der Waals surface area contributed by atoms with Crippen LogP contribution in [0.5, 0.6) is 0 Å². The first-order valence-electron chi connectivity index (χ1n) is 10.4. The molecular formula is C21H36O10. The molecule has 0 radical (unpaired) electrons. The van der Waals surface area contributed by atoms with Crippen molar-refractivity contribution >= 4 is 0 Å². The Morgan fingerprint density at radius 1 is 1.00 bits per heavy atom. The lowest BCUT2D eigenvalue weighted by Crippen LogP contribution is -2.61. The van der Waals surface area contributed by atoms with Gasteiger partial charge in [-0.2, -0.15) is 0 Å². The van der Waals surface area contributed by atoms with E-state index in [0.717, 1.165) is 5.57 Å². The molecule has 10 atom stereocenters. The van der Waals surface area contributed by atoms with Crippen molar-refractivity contribution in [3.8, 4) is 0 Å². The Labute approximate surface area is 182 Å². The van der Waals surface area contributed by atoms with Crippen LogP contribution in [0.15, 0.2) is 24.3 Å². The van der Waals surface area contributed by atoms with Crippen LogP contribution in [0.25, 0.3) is 0 Å². The molecule has 31 heavy (non-hydrogen) atoms. The molecule has 0 unspecified atom stereocenters. The Bertz CT molecular complexity index is 609. The fourth-order valence-corrected chi connectivity index (χ4v) is 3.39. The molecule has 2 aliphatic heterocycles. The zero-order valence-corrected chi connectivity index (χ0v) is 18.2. The van der Waals surface area contributed by atoms with Crippen molar-refractivity contribution in [3.05, 3.63) is 24.3 Å². The van der Waals surface area contributed by atoms with E-state index in [1.807, 2.05) is 19.9 Å². The SMILES string of the molecule is C=C[C@@](C)(CCC=C(C)C)O[C@@H]1O[C@H](CO[C@@H]2OC[C@@H](O)[C@H](O)[C@H]2O)[C@@H](O)[C@H](O)[C@H]1O. The van der Waals surface area contributed by atoms with Crippen molar-refractivity contribution in [1.29, 1.82) is 0 Å². The second-order valence-corrected chi connectivity index (χ2v) is 8.55.